The largest absolute Gasteiger partial charge is 0.368 e. The van der Waals surface area contributed by atoms with Crippen LogP contribution in [-0.2, 0) is 11.3 Å². The van der Waals surface area contributed by atoms with Crippen LogP contribution in [0, 0.1) is 6.92 Å². The molecule has 0 radical (unpaired) electrons. The monoisotopic (exact) mass is 239 g/mol. The number of aryl methyl sites for hydroxylation is 1. The van der Waals surface area contributed by atoms with Crippen LogP contribution in [0.1, 0.15) is 23.3 Å². The average Bonchev–Trinajstić information content (AvgIpc) is 2.30. The summed E-state index contributed by atoms with van der Waals surface area (Å²) in [4.78, 5) is 9.00. The molecule has 0 aliphatic carbocycles. The van der Waals surface area contributed by atoms with E-state index in [9.17, 15) is 0 Å². The van der Waals surface area contributed by atoms with E-state index in [1.807, 2.05) is 31.8 Å². The van der Waals surface area contributed by atoms with E-state index in [0.29, 0.717) is 0 Å². The summed E-state index contributed by atoms with van der Waals surface area (Å²) >= 11 is 1.90. The summed E-state index contributed by atoms with van der Waals surface area (Å²) in [5, 5.41) is 3.11. The first-order valence-corrected chi connectivity index (χ1v) is 6.63. The van der Waals surface area contributed by atoms with E-state index in [0.717, 1.165) is 41.9 Å². The zero-order valence-corrected chi connectivity index (χ0v) is 10.5. The lowest BCUT2D eigenvalue weighted by Crippen LogP contribution is -2.20. The molecule has 88 valence electrons. The molecule has 2 heterocycles. The fraction of sp³-hybridized carbons (Fsp3) is 0.636. The van der Waals surface area contributed by atoms with Crippen molar-refractivity contribution in [1.29, 1.82) is 0 Å². The van der Waals surface area contributed by atoms with Gasteiger partial charge in [-0.05, 0) is 20.0 Å². The fourth-order valence-electron chi connectivity index (χ4n) is 1.71. The van der Waals surface area contributed by atoms with E-state index in [4.69, 9.17) is 4.74 Å². The van der Waals surface area contributed by atoms with E-state index in [-0.39, 0.29) is 6.10 Å². The van der Waals surface area contributed by atoms with Crippen LogP contribution >= 0.6 is 11.8 Å². The van der Waals surface area contributed by atoms with Crippen molar-refractivity contribution in [3.63, 3.8) is 0 Å². The van der Waals surface area contributed by atoms with Crippen LogP contribution in [-0.4, -0.2) is 35.1 Å². The first-order chi connectivity index (χ1) is 7.79. The van der Waals surface area contributed by atoms with Gasteiger partial charge in [0.15, 0.2) is 5.82 Å². The van der Waals surface area contributed by atoms with Gasteiger partial charge >= 0.3 is 0 Å². The van der Waals surface area contributed by atoms with Gasteiger partial charge < -0.3 is 10.1 Å². The van der Waals surface area contributed by atoms with E-state index >= 15 is 0 Å². The summed E-state index contributed by atoms with van der Waals surface area (Å²) in [6, 6.07) is 2.01. The Morgan fingerprint density at radius 3 is 3.12 bits per heavy atom. The van der Waals surface area contributed by atoms with E-state index in [1.54, 1.807) is 0 Å². The number of aromatic nitrogens is 2. The topological polar surface area (TPSA) is 47.0 Å². The summed E-state index contributed by atoms with van der Waals surface area (Å²) in [5.74, 6) is 2.87. The van der Waals surface area contributed by atoms with E-state index in [2.05, 4.69) is 15.3 Å². The van der Waals surface area contributed by atoms with Crippen LogP contribution in [0.2, 0.25) is 0 Å². The van der Waals surface area contributed by atoms with Crippen molar-refractivity contribution in [3.05, 3.63) is 23.3 Å². The van der Waals surface area contributed by atoms with Gasteiger partial charge in [0.25, 0.3) is 0 Å². The molecule has 1 saturated heterocycles. The van der Waals surface area contributed by atoms with Crippen molar-refractivity contribution in [2.75, 3.05) is 25.2 Å². The predicted octanol–water partition coefficient (Wildman–Crippen LogP) is 1.31. The Morgan fingerprint density at radius 1 is 1.56 bits per heavy atom. The molecule has 5 heteroatoms. The van der Waals surface area contributed by atoms with Crippen LogP contribution in [0.5, 0.6) is 0 Å². The zero-order chi connectivity index (χ0) is 11.4. The van der Waals surface area contributed by atoms with Crippen LogP contribution in [0.25, 0.3) is 0 Å². The molecule has 0 aromatic carbocycles. The summed E-state index contributed by atoms with van der Waals surface area (Å²) in [6.45, 7) is 3.57. The molecule has 0 amide bonds. The minimum atomic E-state index is 0.0641. The molecule has 1 N–H and O–H groups in total. The highest BCUT2D eigenvalue weighted by Gasteiger charge is 2.19. The predicted molar refractivity (Wildman–Crippen MR) is 65.6 cm³/mol. The minimum absolute atomic E-state index is 0.0641. The molecule has 2 rings (SSSR count). The van der Waals surface area contributed by atoms with Gasteiger partial charge in [0.2, 0.25) is 0 Å². The first kappa shape index (κ1) is 11.8. The number of thioether (sulfide) groups is 1. The highest BCUT2D eigenvalue weighted by Crippen LogP contribution is 2.24. The molecule has 1 aliphatic heterocycles. The van der Waals surface area contributed by atoms with Gasteiger partial charge in [-0.3, -0.25) is 0 Å². The van der Waals surface area contributed by atoms with Gasteiger partial charge in [-0.2, -0.15) is 11.8 Å². The third kappa shape index (κ3) is 2.93. The van der Waals surface area contributed by atoms with Crippen molar-refractivity contribution < 1.29 is 4.74 Å². The number of nitrogens with one attached hydrogen (secondary N) is 1. The molecule has 1 aromatic rings. The molecule has 1 aliphatic rings. The van der Waals surface area contributed by atoms with Crippen LogP contribution in [0.4, 0.5) is 0 Å². The summed E-state index contributed by atoms with van der Waals surface area (Å²) < 4.78 is 5.69. The van der Waals surface area contributed by atoms with Crippen molar-refractivity contribution in [3.8, 4) is 0 Å². The van der Waals surface area contributed by atoms with Crippen LogP contribution < -0.4 is 5.32 Å². The Morgan fingerprint density at radius 2 is 2.44 bits per heavy atom. The molecule has 4 nitrogen and oxygen atoms in total. The molecular formula is C11H17N3OS. The minimum Gasteiger partial charge on any atom is -0.368 e. The molecule has 1 aromatic heterocycles. The summed E-state index contributed by atoms with van der Waals surface area (Å²) in [6.07, 6.45) is 0.0641. The second kappa shape index (κ2) is 5.61. The maximum absolute atomic E-state index is 5.69. The van der Waals surface area contributed by atoms with Crippen LogP contribution in [0.15, 0.2) is 6.07 Å². The lowest BCUT2D eigenvalue weighted by Gasteiger charge is -2.21. The van der Waals surface area contributed by atoms with Gasteiger partial charge in [0.1, 0.15) is 6.10 Å². The third-order valence-corrected chi connectivity index (χ3v) is 3.38. The van der Waals surface area contributed by atoms with Gasteiger partial charge in [0, 0.05) is 23.7 Å². The number of hydrogen-bond donors (Lipinski definition) is 1. The maximum Gasteiger partial charge on any atom is 0.158 e. The van der Waals surface area contributed by atoms with E-state index in [1.165, 1.54) is 0 Å². The van der Waals surface area contributed by atoms with Gasteiger partial charge in [-0.25, -0.2) is 9.97 Å². The standard InChI is InChI=1S/C11H17N3OS/c1-8-5-9(6-12-2)14-11(13-8)10-7-16-4-3-15-10/h5,10,12H,3-4,6-7H2,1-2H3. The fourth-order valence-corrected chi connectivity index (χ4v) is 2.55. The molecule has 16 heavy (non-hydrogen) atoms. The Labute approximate surface area is 100 Å². The second-order valence-electron chi connectivity index (χ2n) is 3.82. The molecule has 1 atom stereocenters. The zero-order valence-electron chi connectivity index (χ0n) is 9.69. The van der Waals surface area contributed by atoms with Gasteiger partial charge in [-0.15, -0.1) is 0 Å². The normalized spacial score (nSPS) is 21.0. The maximum atomic E-state index is 5.69. The molecular weight excluding hydrogens is 222 g/mol. The highest BCUT2D eigenvalue weighted by molar-refractivity contribution is 7.99. The van der Waals surface area contributed by atoms with Crippen molar-refractivity contribution in [2.45, 2.75) is 19.6 Å². The van der Waals surface area contributed by atoms with Crippen LogP contribution in [0.3, 0.4) is 0 Å². The quantitative estimate of drug-likeness (QED) is 0.861. The Kier molecular flexibility index (Phi) is 4.15. The SMILES string of the molecule is CNCc1cc(C)nc(C2CSCCO2)n1. The Bertz CT molecular complexity index is 353. The van der Waals surface area contributed by atoms with Crippen molar-refractivity contribution in [2.24, 2.45) is 0 Å². The molecule has 0 spiro atoms. The van der Waals surface area contributed by atoms with Gasteiger partial charge in [-0.1, -0.05) is 0 Å². The molecule has 1 unspecified atom stereocenters. The number of rotatable bonds is 3. The average molecular weight is 239 g/mol. The molecule has 1 fully saturated rings. The molecule has 0 bridgehead atoms. The van der Waals surface area contributed by atoms with Crippen molar-refractivity contribution >= 4 is 11.8 Å². The number of ether oxygens (including phenoxy) is 1. The number of nitrogens with zero attached hydrogens (tertiary/aromatic N) is 2. The Balaban J connectivity index is 2.18. The lowest BCUT2D eigenvalue weighted by atomic mass is 10.3. The molecule has 0 saturated carbocycles. The Hall–Kier alpha value is -0.650. The smallest absolute Gasteiger partial charge is 0.158 e. The second-order valence-corrected chi connectivity index (χ2v) is 4.97. The summed E-state index contributed by atoms with van der Waals surface area (Å²) in [7, 11) is 1.92. The third-order valence-electron chi connectivity index (χ3n) is 2.39. The lowest BCUT2D eigenvalue weighted by molar-refractivity contribution is 0.0691. The number of hydrogen-bond acceptors (Lipinski definition) is 5. The van der Waals surface area contributed by atoms with E-state index < -0.39 is 0 Å². The van der Waals surface area contributed by atoms with Crippen molar-refractivity contribution in [1.82, 2.24) is 15.3 Å². The first-order valence-electron chi connectivity index (χ1n) is 5.48. The highest BCUT2D eigenvalue weighted by atomic mass is 32.2. The van der Waals surface area contributed by atoms with Gasteiger partial charge in [0.05, 0.1) is 12.3 Å². The summed E-state index contributed by atoms with van der Waals surface area (Å²) in [5.41, 5.74) is 2.04.